The van der Waals surface area contributed by atoms with E-state index < -0.39 is 0 Å². The molecule has 0 spiro atoms. The van der Waals surface area contributed by atoms with Gasteiger partial charge in [-0.15, -0.1) is 0 Å². The van der Waals surface area contributed by atoms with E-state index in [4.69, 9.17) is 0 Å². The minimum Gasteiger partial charge on any atom is -0.352 e. The average Bonchev–Trinajstić information content (AvgIpc) is 2.69. The summed E-state index contributed by atoms with van der Waals surface area (Å²) in [5, 5.41) is 14.3. The van der Waals surface area contributed by atoms with Crippen LogP contribution in [-0.4, -0.2) is 39.6 Å². The van der Waals surface area contributed by atoms with Gasteiger partial charge in [0.25, 0.3) is 11.8 Å². The molecule has 0 bridgehead atoms. The Morgan fingerprint density at radius 1 is 1.00 bits per heavy atom. The zero-order valence-corrected chi connectivity index (χ0v) is 14.6. The summed E-state index contributed by atoms with van der Waals surface area (Å²) in [6.07, 6.45) is 6.36. The largest absolute Gasteiger partial charge is 0.352 e. The lowest BCUT2D eigenvalue weighted by Gasteiger charge is -2.35. The summed E-state index contributed by atoms with van der Waals surface area (Å²) in [6.45, 7) is 0.591. The summed E-state index contributed by atoms with van der Waals surface area (Å²) in [4.78, 5) is 28.7. The SMILES string of the molecule is O=C(NCC1CC(NC(=O)c2ccc3cccnc3c2)C1)c1ccnnc1. The van der Waals surface area contributed by atoms with Crippen molar-refractivity contribution in [1.82, 2.24) is 25.8 Å². The van der Waals surface area contributed by atoms with Crippen LogP contribution in [0.15, 0.2) is 55.0 Å². The number of aromatic nitrogens is 3. The van der Waals surface area contributed by atoms with E-state index >= 15 is 0 Å². The van der Waals surface area contributed by atoms with Crippen LogP contribution in [0, 0.1) is 5.92 Å². The van der Waals surface area contributed by atoms with Gasteiger partial charge in [0.1, 0.15) is 0 Å². The maximum absolute atomic E-state index is 12.4. The van der Waals surface area contributed by atoms with Crippen molar-refractivity contribution in [2.75, 3.05) is 6.54 Å². The first-order valence-electron chi connectivity index (χ1n) is 8.89. The van der Waals surface area contributed by atoms with E-state index in [1.165, 1.54) is 12.4 Å². The van der Waals surface area contributed by atoms with Gasteiger partial charge in [-0.3, -0.25) is 14.6 Å². The third-order valence-electron chi connectivity index (χ3n) is 4.84. The zero-order valence-electron chi connectivity index (χ0n) is 14.6. The minimum atomic E-state index is -0.152. The van der Waals surface area contributed by atoms with Crippen molar-refractivity contribution < 1.29 is 9.59 Å². The van der Waals surface area contributed by atoms with Gasteiger partial charge < -0.3 is 10.6 Å². The lowest BCUT2D eigenvalue weighted by atomic mass is 9.80. The van der Waals surface area contributed by atoms with E-state index in [9.17, 15) is 9.59 Å². The van der Waals surface area contributed by atoms with Crippen LogP contribution >= 0.6 is 0 Å². The Morgan fingerprint density at radius 2 is 1.89 bits per heavy atom. The molecule has 7 heteroatoms. The van der Waals surface area contributed by atoms with Gasteiger partial charge in [0, 0.05) is 29.7 Å². The number of hydrogen-bond donors (Lipinski definition) is 2. The Kier molecular flexibility index (Phi) is 4.74. The standard InChI is InChI=1S/C20H19N5O2/c26-19(16-5-7-23-24-12-16)22-11-13-8-17(9-13)25-20(27)15-4-3-14-2-1-6-21-18(14)10-15/h1-7,10,12-13,17H,8-9,11H2,(H,22,26)(H,25,27). The molecule has 3 aromatic rings. The molecule has 4 rings (SSSR count). The minimum absolute atomic E-state index is 0.0853. The van der Waals surface area contributed by atoms with E-state index in [0.29, 0.717) is 23.6 Å². The fourth-order valence-corrected chi connectivity index (χ4v) is 3.26. The molecular weight excluding hydrogens is 342 g/mol. The lowest BCUT2D eigenvalue weighted by Crippen LogP contribution is -2.47. The Labute approximate surface area is 156 Å². The molecule has 2 aromatic heterocycles. The summed E-state index contributed by atoms with van der Waals surface area (Å²) in [5.74, 6) is 0.131. The number of pyridine rings is 1. The van der Waals surface area contributed by atoms with Gasteiger partial charge in [-0.1, -0.05) is 12.1 Å². The van der Waals surface area contributed by atoms with Crippen LogP contribution in [0.1, 0.15) is 33.6 Å². The molecular formula is C20H19N5O2. The average molecular weight is 361 g/mol. The van der Waals surface area contributed by atoms with Gasteiger partial charge in [0.15, 0.2) is 0 Å². The smallest absolute Gasteiger partial charge is 0.252 e. The van der Waals surface area contributed by atoms with Crippen LogP contribution < -0.4 is 10.6 Å². The van der Waals surface area contributed by atoms with Gasteiger partial charge in [-0.25, -0.2) is 0 Å². The molecule has 1 aliphatic carbocycles. The second-order valence-corrected chi connectivity index (χ2v) is 6.76. The molecule has 2 N–H and O–H groups in total. The van der Waals surface area contributed by atoms with Crippen molar-refractivity contribution in [3.8, 4) is 0 Å². The fraction of sp³-hybridized carbons (Fsp3) is 0.250. The predicted molar refractivity (Wildman–Crippen MR) is 100 cm³/mol. The molecule has 2 heterocycles. The second kappa shape index (κ2) is 7.49. The molecule has 1 aliphatic rings. The van der Waals surface area contributed by atoms with E-state index in [-0.39, 0.29) is 17.9 Å². The zero-order chi connectivity index (χ0) is 18.6. The maximum Gasteiger partial charge on any atom is 0.252 e. The van der Waals surface area contributed by atoms with Crippen LogP contribution in [0.2, 0.25) is 0 Å². The lowest BCUT2D eigenvalue weighted by molar-refractivity contribution is 0.0863. The van der Waals surface area contributed by atoms with Crippen molar-refractivity contribution in [2.24, 2.45) is 5.92 Å². The van der Waals surface area contributed by atoms with Crippen molar-refractivity contribution in [3.63, 3.8) is 0 Å². The Morgan fingerprint density at radius 3 is 2.70 bits per heavy atom. The first kappa shape index (κ1) is 17.1. The number of hydrogen-bond acceptors (Lipinski definition) is 5. The highest BCUT2D eigenvalue weighted by Gasteiger charge is 2.30. The molecule has 1 saturated carbocycles. The van der Waals surface area contributed by atoms with Gasteiger partial charge in [0.05, 0.1) is 23.5 Å². The quantitative estimate of drug-likeness (QED) is 0.724. The van der Waals surface area contributed by atoms with Gasteiger partial charge in [0.2, 0.25) is 0 Å². The van der Waals surface area contributed by atoms with Crippen molar-refractivity contribution >= 4 is 22.7 Å². The molecule has 0 radical (unpaired) electrons. The van der Waals surface area contributed by atoms with Crippen molar-refractivity contribution in [3.05, 3.63) is 66.1 Å². The normalized spacial score (nSPS) is 18.5. The predicted octanol–water partition coefficient (Wildman–Crippen LogP) is 1.96. The number of fused-ring (bicyclic) bond motifs is 1. The number of benzene rings is 1. The van der Waals surface area contributed by atoms with E-state index in [2.05, 4.69) is 25.8 Å². The number of carbonyl (C=O) groups is 2. The number of amides is 2. The van der Waals surface area contributed by atoms with Crippen LogP contribution in [0.3, 0.4) is 0 Å². The highest BCUT2D eigenvalue weighted by atomic mass is 16.2. The summed E-state index contributed by atoms with van der Waals surface area (Å²) >= 11 is 0. The van der Waals surface area contributed by atoms with Crippen molar-refractivity contribution in [2.45, 2.75) is 18.9 Å². The molecule has 0 saturated heterocycles. The van der Waals surface area contributed by atoms with Crippen LogP contribution in [0.5, 0.6) is 0 Å². The van der Waals surface area contributed by atoms with E-state index in [1.54, 1.807) is 12.3 Å². The topological polar surface area (TPSA) is 96.9 Å². The van der Waals surface area contributed by atoms with Gasteiger partial charge >= 0.3 is 0 Å². The number of nitrogens with one attached hydrogen (secondary N) is 2. The Bertz CT molecular complexity index is 970. The first-order chi connectivity index (χ1) is 13.2. The van der Waals surface area contributed by atoms with E-state index in [1.807, 2.05) is 30.3 Å². The molecule has 27 heavy (non-hydrogen) atoms. The summed E-state index contributed by atoms with van der Waals surface area (Å²) in [6, 6.07) is 11.1. The fourth-order valence-electron chi connectivity index (χ4n) is 3.26. The second-order valence-electron chi connectivity index (χ2n) is 6.76. The molecule has 0 aliphatic heterocycles. The summed E-state index contributed by atoms with van der Waals surface area (Å²) in [5.41, 5.74) is 1.92. The molecule has 0 unspecified atom stereocenters. The Hall–Kier alpha value is -3.35. The maximum atomic E-state index is 12.4. The van der Waals surface area contributed by atoms with Crippen LogP contribution in [0.4, 0.5) is 0 Å². The Balaban J connectivity index is 1.25. The molecule has 136 valence electrons. The summed E-state index contributed by atoms with van der Waals surface area (Å²) in [7, 11) is 0. The third-order valence-corrected chi connectivity index (χ3v) is 4.84. The molecule has 7 nitrogen and oxygen atoms in total. The van der Waals surface area contributed by atoms with E-state index in [0.717, 1.165) is 23.7 Å². The van der Waals surface area contributed by atoms with Crippen LogP contribution in [-0.2, 0) is 0 Å². The highest BCUT2D eigenvalue weighted by molar-refractivity contribution is 5.98. The third kappa shape index (κ3) is 3.92. The molecule has 1 fully saturated rings. The van der Waals surface area contributed by atoms with Gasteiger partial charge in [-0.05, 0) is 43.0 Å². The molecule has 0 atom stereocenters. The molecule has 2 amide bonds. The highest BCUT2D eigenvalue weighted by Crippen LogP contribution is 2.27. The van der Waals surface area contributed by atoms with Crippen molar-refractivity contribution in [1.29, 1.82) is 0 Å². The van der Waals surface area contributed by atoms with Gasteiger partial charge in [-0.2, -0.15) is 10.2 Å². The van der Waals surface area contributed by atoms with Crippen LogP contribution in [0.25, 0.3) is 10.9 Å². The monoisotopic (exact) mass is 361 g/mol. The first-order valence-corrected chi connectivity index (χ1v) is 8.89. The number of rotatable bonds is 5. The number of carbonyl (C=O) groups excluding carboxylic acids is 2. The molecule has 1 aromatic carbocycles. The summed E-state index contributed by atoms with van der Waals surface area (Å²) < 4.78 is 0. The number of nitrogens with zero attached hydrogens (tertiary/aromatic N) is 3.